The normalized spacial score (nSPS) is 11.1. The Bertz CT molecular complexity index is 743. The molecule has 0 saturated heterocycles. The maximum Gasteiger partial charge on any atom is 0.255 e. The van der Waals surface area contributed by atoms with Crippen molar-refractivity contribution in [2.45, 2.75) is 11.8 Å². The molecule has 0 aliphatic rings. The molecule has 2 rings (SSSR count). The van der Waals surface area contributed by atoms with E-state index >= 15 is 0 Å². The van der Waals surface area contributed by atoms with Crippen molar-refractivity contribution in [2.24, 2.45) is 5.14 Å². The highest BCUT2D eigenvalue weighted by Gasteiger charge is 2.13. The summed E-state index contributed by atoms with van der Waals surface area (Å²) >= 11 is 0. The van der Waals surface area contributed by atoms with E-state index in [2.05, 4.69) is 10.3 Å². The number of nitrogens with one attached hydrogen (secondary N) is 1. The van der Waals surface area contributed by atoms with Crippen LogP contribution in [-0.2, 0) is 10.0 Å². The Balaban J connectivity index is 2.30. The fourth-order valence-corrected chi connectivity index (χ4v) is 2.50. The summed E-state index contributed by atoms with van der Waals surface area (Å²) in [6, 6.07) is 7.66. The molecule has 0 aliphatic carbocycles. The molecule has 0 atom stereocenters. The number of hydrogen-bond acceptors (Lipinski definition) is 4. The highest BCUT2D eigenvalue weighted by Crippen LogP contribution is 2.19. The van der Waals surface area contributed by atoms with Crippen LogP contribution >= 0.6 is 0 Å². The lowest BCUT2D eigenvalue weighted by atomic mass is 10.2. The Morgan fingerprint density at radius 2 is 1.85 bits per heavy atom. The number of hydrogen-bond donors (Lipinski definition) is 2. The number of pyridine rings is 1. The summed E-state index contributed by atoms with van der Waals surface area (Å²) in [6.45, 7) is 1.63. The van der Waals surface area contributed by atoms with Crippen LogP contribution in [0.3, 0.4) is 0 Å². The van der Waals surface area contributed by atoms with E-state index in [1.165, 1.54) is 18.5 Å². The fraction of sp³-hybridized carbons (Fsp3) is 0.0769. The van der Waals surface area contributed by atoms with Gasteiger partial charge in [-0.15, -0.1) is 0 Å². The number of primary sulfonamides is 1. The molecule has 0 radical (unpaired) electrons. The largest absolute Gasteiger partial charge is 0.322 e. The Morgan fingerprint density at radius 3 is 2.45 bits per heavy atom. The van der Waals surface area contributed by atoms with Crippen LogP contribution in [0.15, 0.2) is 47.6 Å². The van der Waals surface area contributed by atoms with E-state index in [0.717, 1.165) is 0 Å². The van der Waals surface area contributed by atoms with E-state index < -0.39 is 10.0 Å². The molecule has 2 aromatic rings. The molecule has 0 spiro atoms. The van der Waals surface area contributed by atoms with Gasteiger partial charge in [-0.3, -0.25) is 9.78 Å². The number of aryl methyl sites for hydroxylation is 1. The molecule has 0 bridgehead atoms. The SMILES string of the molecule is Cc1ccc(NC(=O)c2ccncc2)cc1S(N)(=O)=O. The summed E-state index contributed by atoms with van der Waals surface area (Å²) < 4.78 is 22.8. The van der Waals surface area contributed by atoms with E-state index in [9.17, 15) is 13.2 Å². The van der Waals surface area contributed by atoms with Gasteiger partial charge < -0.3 is 5.32 Å². The minimum absolute atomic E-state index is 0.00923. The van der Waals surface area contributed by atoms with Crippen LogP contribution in [0, 0.1) is 6.92 Å². The second-order valence-electron chi connectivity index (χ2n) is 4.22. The number of rotatable bonds is 3. The molecule has 20 heavy (non-hydrogen) atoms. The van der Waals surface area contributed by atoms with Gasteiger partial charge in [0.15, 0.2) is 0 Å². The average Bonchev–Trinajstić information content (AvgIpc) is 2.40. The molecule has 1 aromatic carbocycles. The topological polar surface area (TPSA) is 102 Å². The molecular weight excluding hydrogens is 278 g/mol. The highest BCUT2D eigenvalue weighted by atomic mass is 32.2. The lowest BCUT2D eigenvalue weighted by Gasteiger charge is -2.08. The maximum atomic E-state index is 11.9. The van der Waals surface area contributed by atoms with Gasteiger partial charge in [0.2, 0.25) is 10.0 Å². The van der Waals surface area contributed by atoms with Crippen LogP contribution in [0.2, 0.25) is 0 Å². The van der Waals surface area contributed by atoms with Gasteiger partial charge in [-0.2, -0.15) is 0 Å². The van der Waals surface area contributed by atoms with Crippen molar-refractivity contribution < 1.29 is 13.2 Å². The van der Waals surface area contributed by atoms with Crippen LogP contribution in [0.25, 0.3) is 0 Å². The number of aromatic nitrogens is 1. The van der Waals surface area contributed by atoms with Gasteiger partial charge in [0.05, 0.1) is 4.90 Å². The molecular formula is C13H13N3O3S. The molecule has 1 heterocycles. The second kappa shape index (κ2) is 5.40. The Hall–Kier alpha value is -2.25. The fourth-order valence-electron chi connectivity index (χ4n) is 1.69. The van der Waals surface area contributed by atoms with Gasteiger partial charge in [0.25, 0.3) is 5.91 Å². The monoisotopic (exact) mass is 291 g/mol. The van der Waals surface area contributed by atoms with E-state index in [0.29, 0.717) is 16.8 Å². The number of anilines is 1. The zero-order chi connectivity index (χ0) is 14.8. The number of nitrogens with two attached hydrogens (primary N) is 1. The first-order valence-electron chi connectivity index (χ1n) is 5.73. The summed E-state index contributed by atoms with van der Waals surface area (Å²) in [5.41, 5.74) is 1.31. The average molecular weight is 291 g/mol. The van der Waals surface area contributed by atoms with E-state index in [4.69, 9.17) is 5.14 Å². The standard InChI is InChI=1S/C13H13N3O3S/c1-9-2-3-11(8-12(9)20(14,18)19)16-13(17)10-4-6-15-7-5-10/h2-8H,1H3,(H,16,17)(H2,14,18,19). The molecule has 3 N–H and O–H groups in total. The number of carbonyl (C=O) groups is 1. The van der Waals surface area contributed by atoms with Crippen LogP contribution in [-0.4, -0.2) is 19.3 Å². The number of benzene rings is 1. The zero-order valence-electron chi connectivity index (χ0n) is 10.7. The van der Waals surface area contributed by atoms with Gasteiger partial charge >= 0.3 is 0 Å². The number of amides is 1. The molecule has 0 unspecified atom stereocenters. The van der Waals surface area contributed by atoms with Crippen LogP contribution in [0.1, 0.15) is 15.9 Å². The molecule has 1 aromatic heterocycles. The quantitative estimate of drug-likeness (QED) is 0.889. The lowest BCUT2D eigenvalue weighted by molar-refractivity contribution is 0.102. The van der Waals surface area contributed by atoms with E-state index in [1.807, 2.05) is 0 Å². The first-order chi connectivity index (χ1) is 9.38. The van der Waals surface area contributed by atoms with Gasteiger partial charge in [-0.25, -0.2) is 13.6 Å². The predicted molar refractivity (Wildman–Crippen MR) is 74.7 cm³/mol. The Morgan fingerprint density at radius 1 is 1.20 bits per heavy atom. The van der Waals surface area contributed by atoms with Crippen LogP contribution < -0.4 is 10.5 Å². The third-order valence-corrected chi connectivity index (χ3v) is 3.75. The summed E-state index contributed by atoms with van der Waals surface area (Å²) in [7, 11) is -3.82. The van der Waals surface area contributed by atoms with Gasteiger partial charge in [-0.05, 0) is 36.8 Å². The maximum absolute atomic E-state index is 11.9. The van der Waals surface area contributed by atoms with Crippen LogP contribution in [0.4, 0.5) is 5.69 Å². The number of sulfonamides is 1. The number of carbonyl (C=O) groups excluding carboxylic acids is 1. The molecule has 7 heteroatoms. The summed E-state index contributed by atoms with van der Waals surface area (Å²) in [6.07, 6.45) is 3.00. The molecule has 6 nitrogen and oxygen atoms in total. The first-order valence-corrected chi connectivity index (χ1v) is 7.27. The smallest absolute Gasteiger partial charge is 0.255 e. The third kappa shape index (κ3) is 3.19. The summed E-state index contributed by atoms with van der Waals surface area (Å²) in [5, 5.41) is 7.73. The van der Waals surface area contributed by atoms with Crippen LogP contribution in [0.5, 0.6) is 0 Å². The van der Waals surface area contributed by atoms with Crippen molar-refractivity contribution in [2.75, 3.05) is 5.32 Å². The molecule has 1 amide bonds. The number of nitrogens with zero attached hydrogens (tertiary/aromatic N) is 1. The molecule has 0 fully saturated rings. The van der Waals surface area contributed by atoms with Crippen molar-refractivity contribution in [3.05, 3.63) is 53.9 Å². The lowest BCUT2D eigenvalue weighted by Crippen LogP contribution is -2.16. The van der Waals surface area contributed by atoms with Gasteiger partial charge in [0.1, 0.15) is 0 Å². The molecule has 0 saturated carbocycles. The molecule has 104 valence electrons. The van der Waals surface area contributed by atoms with Crippen molar-refractivity contribution in [3.63, 3.8) is 0 Å². The predicted octanol–water partition coefficient (Wildman–Crippen LogP) is 1.29. The third-order valence-electron chi connectivity index (χ3n) is 2.70. The zero-order valence-corrected chi connectivity index (χ0v) is 11.5. The second-order valence-corrected chi connectivity index (χ2v) is 5.75. The van der Waals surface area contributed by atoms with Crippen molar-refractivity contribution in [3.8, 4) is 0 Å². The van der Waals surface area contributed by atoms with Crippen molar-refractivity contribution in [1.29, 1.82) is 0 Å². The molecule has 0 aliphatic heterocycles. The highest BCUT2D eigenvalue weighted by molar-refractivity contribution is 7.89. The van der Waals surface area contributed by atoms with Crippen molar-refractivity contribution >= 4 is 21.6 Å². The van der Waals surface area contributed by atoms with Gasteiger partial charge in [-0.1, -0.05) is 6.07 Å². The van der Waals surface area contributed by atoms with Crippen molar-refractivity contribution in [1.82, 2.24) is 4.98 Å². The summed E-state index contributed by atoms with van der Waals surface area (Å²) in [5.74, 6) is -0.350. The minimum Gasteiger partial charge on any atom is -0.322 e. The minimum atomic E-state index is -3.82. The first kappa shape index (κ1) is 14.2. The summed E-state index contributed by atoms with van der Waals surface area (Å²) in [4.78, 5) is 15.7. The van der Waals surface area contributed by atoms with E-state index in [-0.39, 0.29) is 10.8 Å². The Kier molecular flexibility index (Phi) is 3.82. The van der Waals surface area contributed by atoms with E-state index in [1.54, 1.807) is 31.2 Å². The Labute approximate surface area is 116 Å². The van der Waals surface area contributed by atoms with Gasteiger partial charge in [0, 0.05) is 23.6 Å².